The lowest BCUT2D eigenvalue weighted by Crippen LogP contribution is -2.13. The Kier molecular flexibility index (Phi) is 41.1. The molecular formula is C34H76O2P+. The van der Waals surface area contributed by atoms with Gasteiger partial charge in [-0.05, 0) is 58.3 Å². The molecule has 0 aliphatic heterocycles. The minimum Gasteiger partial charge on any atom is -0.412 e. The molecular weight excluding hydrogens is 471 g/mol. The van der Waals surface area contributed by atoms with Crippen molar-refractivity contribution in [2.75, 3.05) is 31.3 Å². The van der Waals surface area contributed by atoms with Crippen LogP contribution in [0.5, 0.6) is 0 Å². The molecule has 0 spiro atoms. The Hall–Kier alpha value is 0.350. The maximum absolute atomic E-state index is 7.57. The smallest absolute Gasteiger partial charge is 0.0594 e. The van der Waals surface area contributed by atoms with Gasteiger partial charge >= 0.3 is 0 Å². The highest BCUT2D eigenvalue weighted by Crippen LogP contribution is 2.61. The normalized spacial score (nSPS) is 11.2. The van der Waals surface area contributed by atoms with Crippen LogP contribution < -0.4 is 0 Å². The monoisotopic (exact) mass is 548 g/mol. The summed E-state index contributed by atoms with van der Waals surface area (Å²) < 4.78 is 0. The molecule has 0 radical (unpaired) electrons. The molecule has 37 heavy (non-hydrogen) atoms. The van der Waals surface area contributed by atoms with E-state index in [1.165, 1.54) is 128 Å². The molecule has 0 aromatic rings. The SMILES string of the molecule is CCCCCCCCCCCCCC[P+](CCCCCC)(CCCCCC)CCCCCC.CCO.O. The largest absolute Gasteiger partial charge is 0.412 e. The number of hydrogen-bond donors (Lipinski definition) is 1. The number of aliphatic hydroxyl groups is 1. The van der Waals surface area contributed by atoms with Crippen LogP contribution in [0.4, 0.5) is 0 Å². The molecule has 0 unspecified atom stereocenters. The first-order chi connectivity index (χ1) is 17.7. The third-order valence-electron chi connectivity index (χ3n) is 7.94. The van der Waals surface area contributed by atoms with Gasteiger partial charge in [0.05, 0.1) is 24.6 Å². The Morgan fingerprint density at radius 2 is 0.486 bits per heavy atom. The number of unbranched alkanes of at least 4 members (excludes halogenated alkanes) is 20. The second-order valence-electron chi connectivity index (χ2n) is 11.6. The molecule has 3 N–H and O–H groups in total. The van der Waals surface area contributed by atoms with E-state index in [1.807, 2.05) is 0 Å². The van der Waals surface area contributed by atoms with E-state index in [0.29, 0.717) is 0 Å². The van der Waals surface area contributed by atoms with Crippen LogP contribution in [0.1, 0.15) is 189 Å². The first-order valence-corrected chi connectivity index (χ1v) is 19.6. The molecule has 2 nitrogen and oxygen atoms in total. The van der Waals surface area contributed by atoms with E-state index in [4.69, 9.17) is 5.11 Å². The molecule has 0 saturated carbocycles. The molecule has 0 amide bonds. The molecule has 0 aromatic carbocycles. The Labute approximate surface area is 237 Å². The number of aliphatic hydroxyl groups excluding tert-OH is 1. The summed E-state index contributed by atoms with van der Waals surface area (Å²) in [7, 11) is -0.697. The van der Waals surface area contributed by atoms with Crippen LogP contribution in [-0.4, -0.2) is 41.8 Å². The Balaban J connectivity index is -0.00000274. The summed E-state index contributed by atoms with van der Waals surface area (Å²) in [6.45, 7) is 11.3. The Morgan fingerprint density at radius 3 is 0.703 bits per heavy atom. The lowest BCUT2D eigenvalue weighted by Gasteiger charge is -2.28. The summed E-state index contributed by atoms with van der Waals surface area (Å²) >= 11 is 0. The van der Waals surface area contributed by atoms with Gasteiger partial charge in [-0.15, -0.1) is 0 Å². The van der Waals surface area contributed by atoms with Gasteiger partial charge in [0, 0.05) is 13.9 Å². The molecule has 0 saturated heterocycles. The molecule has 0 aliphatic rings. The Morgan fingerprint density at radius 1 is 0.324 bits per heavy atom. The highest BCUT2D eigenvalue weighted by Gasteiger charge is 2.34. The molecule has 228 valence electrons. The van der Waals surface area contributed by atoms with Crippen molar-refractivity contribution in [1.82, 2.24) is 0 Å². The summed E-state index contributed by atoms with van der Waals surface area (Å²) in [6, 6.07) is 0. The van der Waals surface area contributed by atoms with Crippen molar-refractivity contribution in [3.8, 4) is 0 Å². The summed E-state index contributed by atoms with van der Waals surface area (Å²) in [5.41, 5.74) is 0. The fourth-order valence-corrected chi connectivity index (χ4v) is 10.5. The fraction of sp³-hybridized carbons (Fsp3) is 1.00. The van der Waals surface area contributed by atoms with Crippen molar-refractivity contribution < 1.29 is 10.6 Å². The van der Waals surface area contributed by atoms with E-state index >= 15 is 0 Å². The maximum atomic E-state index is 7.57. The second-order valence-corrected chi connectivity index (χ2v) is 16.1. The summed E-state index contributed by atoms with van der Waals surface area (Å²) in [5.74, 6) is 0. The quantitative estimate of drug-likeness (QED) is 0.0768. The molecule has 0 heterocycles. The van der Waals surface area contributed by atoms with Crippen molar-refractivity contribution >= 4 is 7.26 Å². The average molecular weight is 548 g/mol. The molecule has 0 aliphatic carbocycles. The van der Waals surface area contributed by atoms with E-state index in [2.05, 4.69) is 27.7 Å². The van der Waals surface area contributed by atoms with Gasteiger partial charge in [0.15, 0.2) is 0 Å². The summed E-state index contributed by atoms with van der Waals surface area (Å²) in [5, 5.41) is 7.57. The van der Waals surface area contributed by atoms with Crippen molar-refractivity contribution in [3.63, 3.8) is 0 Å². The predicted molar refractivity (Wildman–Crippen MR) is 176 cm³/mol. The van der Waals surface area contributed by atoms with Gasteiger partial charge in [-0.2, -0.15) is 0 Å². The first kappa shape index (κ1) is 41.8. The predicted octanol–water partition coefficient (Wildman–Crippen LogP) is 11.6. The van der Waals surface area contributed by atoms with Crippen LogP contribution >= 0.6 is 7.26 Å². The van der Waals surface area contributed by atoms with Crippen LogP contribution in [0.15, 0.2) is 0 Å². The summed E-state index contributed by atoms with van der Waals surface area (Å²) in [4.78, 5) is 0. The maximum Gasteiger partial charge on any atom is 0.0594 e. The van der Waals surface area contributed by atoms with E-state index in [0.717, 1.165) is 0 Å². The van der Waals surface area contributed by atoms with Crippen molar-refractivity contribution in [3.05, 3.63) is 0 Å². The zero-order valence-corrected chi connectivity index (χ0v) is 27.8. The molecule has 0 rings (SSSR count). The van der Waals surface area contributed by atoms with E-state index in [1.54, 1.807) is 57.3 Å². The lowest BCUT2D eigenvalue weighted by atomic mass is 10.1. The average Bonchev–Trinajstić information content (AvgIpc) is 2.88. The fourth-order valence-electron chi connectivity index (χ4n) is 5.58. The van der Waals surface area contributed by atoms with Crippen LogP contribution in [0.2, 0.25) is 0 Å². The van der Waals surface area contributed by atoms with E-state index in [9.17, 15) is 0 Å². The molecule has 3 heteroatoms. The third kappa shape index (κ3) is 32.5. The molecule has 0 aromatic heterocycles. The first-order valence-electron chi connectivity index (χ1n) is 17.1. The standard InChI is InChI=1S/C32H68P.C2H6O.H2O/c1-5-9-13-17-18-19-20-21-22-23-24-28-32-33(29-25-14-10-6-2,30-26-15-11-7-3)31-27-16-12-8-4;1-2-3;/h5-32H2,1-4H3;3H,2H2,1H3;1H2/q+1;;. The van der Waals surface area contributed by atoms with Gasteiger partial charge in [-0.3, -0.25) is 0 Å². The van der Waals surface area contributed by atoms with Gasteiger partial charge in [-0.25, -0.2) is 0 Å². The van der Waals surface area contributed by atoms with E-state index < -0.39 is 7.26 Å². The number of hydrogen-bond acceptors (Lipinski definition) is 1. The molecule has 0 atom stereocenters. The Bertz CT molecular complexity index is 344. The van der Waals surface area contributed by atoms with Gasteiger partial charge in [-0.1, -0.05) is 130 Å². The van der Waals surface area contributed by atoms with Crippen molar-refractivity contribution in [2.24, 2.45) is 0 Å². The minimum atomic E-state index is -0.697. The topological polar surface area (TPSA) is 51.7 Å². The van der Waals surface area contributed by atoms with Crippen LogP contribution in [0.3, 0.4) is 0 Å². The highest BCUT2D eigenvalue weighted by molar-refractivity contribution is 7.75. The molecule has 0 fully saturated rings. The highest BCUT2D eigenvalue weighted by atomic mass is 31.2. The summed E-state index contributed by atoms with van der Waals surface area (Å²) in [6.07, 6.45) is 42.1. The van der Waals surface area contributed by atoms with Crippen LogP contribution in [0.25, 0.3) is 0 Å². The van der Waals surface area contributed by atoms with Crippen molar-refractivity contribution in [1.29, 1.82) is 0 Å². The van der Waals surface area contributed by atoms with Crippen molar-refractivity contribution in [2.45, 2.75) is 189 Å². The lowest BCUT2D eigenvalue weighted by molar-refractivity contribution is 0.318. The van der Waals surface area contributed by atoms with Crippen LogP contribution in [-0.2, 0) is 0 Å². The van der Waals surface area contributed by atoms with Gasteiger partial charge in [0.25, 0.3) is 0 Å². The van der Waals surface area contributed by atoms with Crippen LogP contribution in [0, 0.1) is 0 Å². The van der Waals surface area contributed by atoms with Gasteiger partial charge in [0.1, 0.15) is 0 Å². The number of rotatable bonds is 28. The molecule has 0 bridgehead atoms. The van der Waals surface area contributed by atoms with E-state index in [-0.39, 0.29) is 12.1 Å². The zero-order valence-electron chi connectivity index (χ0n) is 26.9. The zero-order chi connectivity index (χ0) is 27.0. The third-order valence-corrected chi connectivity index (χ3v) is 13.0. The second kappa shape index (κ2) is 36.4. The van der Waals surface area contributed by atoms with Gasteiger partial charge in [0.2, 0.25) is 0 Å². The minimum absolute atomic E-state index is 0. The van der Waals surface area contributed by atoms with Gasteiger partial charge < -0.3 is 10.6 Å².